The lowest BCUT2D eigenvalue weighted by atomic mass is 9.85. The zero-order valence-electron chi connectivity index (χ0n) is 27.7. The Morgan fingerprint density at radius 2 is 1.94 bits per heavy atom. The van der Waals surface area contributed by atoms with Crippen molar-refractivity contribution < 1.29 is 36.7 Å². The van der Waals surface area contributed by atoms with Gasteiger partial charge in [-0.1, -0.05) is 44.6 Å². The van der Waals surface area contributed by atoms with Crippen LogP contribution in [0.3, 0.4) is 0 Å². The third-order valence-electron chi connectivity index (χ3n) is 11.1. The van der Waals surface area contributed by atoms with Gasteiger partial charge in [0.1, 0.15) is 23.5 Å². The average molecular weight is 688 g/mol. The van der Waals surface area contributed by atoms with Crippen molar-refractivity contribution in [1.82, 2.24) is 19.8 Å². The molecule has 14 heteroatoms. The fourth-order valence-corrected chi connectivity index (χ4v) is 8.72. The lowest BCUT2D eigenvalue weighted by Gasteiger charge is -2.31. The van der Waals surface area contributed by atoms with Gasteiger partial charge in [0.15, 0.2) is 0 Å². The van der Waals surface area contributed by atoms with Gasteiger partial charge in [-0.15, -0.1) is 0 Å². The first-order valence-electron chi connectivity index (χ1n) is 17.0. The van der Waals surface area contributed by atoms with E-state index >= 15 is 0 Å². The van der Waals surface area contributed by atoms with E-state index in [1.165, 1.54) is 15.9 Å². The van der Waals surface area contributed by atoms with Gasteiger partial charge in [0.05, 0.1) is 23.9 Å². The Hall–Kier alpha value is -3.52. The molecule has 2 aliphatic carbocycles. The van der Waals surface area contributed by atoms with Crippen molar-refractivity contribution in [3.63, 3.8) is 0 Å². The molecule has 3 aliphatic heterocycles. The molecule has 0 bridgehead atoms. The van der Waals surface area contributed by atoms with Crippen LogP contribution in [0.2, 0.25) is 0 Å². The Labute approximate surface area is 281 Å². The second-order valence-electron chi connectivity index (χ2n) is 14.7. The van der Waals surface area contributed by atoms with Crippen molar-refractivity contribution in [2.45, 2.75) is 114 Å². The number of halogens is 1. The highest BCUT2D eigenvalue weighted by atomic mass is 32.2. The summed E-state index contributed by atoms with van der Waals surface area (Å²) in [6.07, 6.45) is 6.19. The first kappa shape index (κ1) is 34.3. The number of amides is 4. The van der Waals surface area contributed by atoms with Crippen LogP contribution in [-0.4, -0.2) is 77.1 Å². The number of carbonyl (C=O) groups excluding carboxylic acids is 4. The zero-order valence-corrected chi connectivity index (χ0v) is 28.6. The molecule has 0 aromatic heterocycles. The van der Waals surface area contributed by atoms with Gasteiger partial charge in [-0.3, -0.25) is 24.0 Å². The van der Waals surface area contributed by atoms with E-state index in [4.69, 9.17) is 10.5 Å². The van der Waals surface area contributed by atoms with E-state index in [0.29, 0.717) is 36.8 Å². The number of ether oxygens (including phenoxy) is 1. The van der Waals surface area contributed by atoms with Crippen molar-refractivity contribution in [2.75, 3.05) is 6.54 Å². The number of allylic oxidation sites excluding steroid dienone is 1. The van der Waals surface area contributed by atoms with E-state index in [-0.39, 0.29) is 44.3 Å². The van der Waals surface area contributed by atoms with Crippen molar-refractivity contribution in [3.05, 3.63) is 47.3 Å². The average Bonchev–Trinajstić information content (AvgIpc) is 3.83. The number of fused-ring (bicyclic) bond motifs is 3. The molecular formula is C34H46FN5O7S. The summed E-state index contributed by atoms with van der Waals surface area (Å²) in [5.41, 5.74) is 6.18. The number of hydrogen-bond acceptors (Lipinski definition) is 8. The summed E-state index contributed by atoms with van der Waals surface area (Å²) in [7, 11) is -3.97. The van der Waals surface area contributed by atoms with Crippen LogP contribution >= 0.6 is 0 Å². The number of nitrogens with zero attached hydrogens (tertiary/aromatic N) is 2. The predicted octanol–water partition coefficient (Wildman–Crippen LogP) is 2.85. The molecule has 1 saturated heterocycles. The lowest BCUT2D eigenvalue weighted by Crippen LogP contribution is -2.58. The second-order valence-corrected chi connectivity index (χ2v) is 16.9. The molecule has 2 saturated carbocycles. The normalized spacial score (nSPS) is 33.0. The Morgan fingerprint density at radius 1 is 1.19 bits per heavy atom. The van der Waals surface area contributed by atoms with Crippen LogP contribution in [0.4, 0.5) is 9.18 Å². The van der Waals surface area contributed by atoms with E-state index in [2.05, 4.69) is 17.0 Å². The molecule has 1 unspecified atom stereocenters. The third kappa shape index (κ3) is 6.45. The van der Waals surface area contributed by atoms with E-state index in [1.54, 1.807) is 19.1 Å². The van der Waals surface area contributed by atoms with Crippen LogP contribution in [0.25, 0.3) is 0 Å². The Kier molecular flexibility index (Phi) is 9.12. The fourth-order valence-electron chi connectivity index (χ4n) is 7.40. The number of nitrogens with two attached hydrogens (primary N) is 1. The molecule has 1 aromatic rings. The number of sulfonamides is 1. The summed E-state index contributed by atoms with van der Waals surface area (Å²) in [6, 6.07) is 2.63. The Morgan fingerprint density at radius 3 is 2.62 bits per heavy atom. The van der Waals surface area contributed by atoms with Crippen LogP contribution in [0.1, 0.15) is 83.3 Å². The summed E-state index contributed by atoms with van der Waals surface area (Å²) in [6.45, 7) is 5.77. The highest BCUT2D eigenvalue weighted by Crippen LogP contribution is 2.47. The Balaban J connectivity index is 1.25. The van der Waals surface area contributed by atoms with E-state index < -0.39 is 74.0 Å². The molecule has 0 radical (unpaired) electrons. The maximum Gasteiger partial charge on any atom is 0.410 e. The van der Waals surface area contributed by atoms with Gasteiger partial charge in [-0.25, -0.2) is 17.6 Å². The Bertz CT molecular complexity index is 1630. The molecule has 4 amide bonds. The summed E-state index contributed by atoms with van der Waals surface area (Å²) >= 11 is 0. The van der Waals surface area contributed by atoms with Crippen LogP contribution in [0.15, 0.2) is 30.4 Å². The zero-order chi connectivity index (χ0) is 34.6. The minimum absolute atomic E-state index is 0.0375. The highest BCUT2D eigenvalue weighted by Gasteiger charge is 2.63. The molecule has 12 nitrogen and oxygen atoms in total. The topological polar surface area (TPSA) is 168 Å². The van der Waals surface area contributed by atoms with Crippen LogP contribution in [-0.2, 0) is 42.2 Å². The van der Waals surface area contributed by atoms with E-state index in [1.807, 2.05) is 19.1 Å². The fraction of sp³-hybridized carbons (Fsp3) is 0.647. The van der Waals surface area contributed by atoms with Gasteiger partial charge >= 0.3 is 6.09 Å². The van der Waals surface area contributed by atoms with Gasteiger partial charge in [-0.2, -0.15) is 0 Å². The highest BCUT2D eigenvalue weighted by molar-refractivity contribution is 7.91. The van der Waals surface area contributed by atoms with Gasteiger partial charge in [0.2, 0.25) is 21.8 Å². The second kappa shape index (κ2) is 12.7. The predicted molar refractivity (Wildman–Crippen MR) is 174 cm³/mol. The number of benzene rings is 1. The standard InChI is InChI=1S/C34H46FN5O7S/c1-4-21-14-20(2)8-5-6-10-23-16-34(23,31(43)38-48(45,46)33(3)12-13-33)37-29(41)27-15-24(18-40(27)30(42)28(21)36)47-32(44)39-17-22-9-7-11-26(35)25(22)19-39/h6-7,9-11,20-21,23-24,27-28H,4-5,8,12-19,36H2,1-3H3,(H,37,41)(H,38,43)/t20?,21-,23-,24-,27+,28+,34-/m1/s1. The van der Waals surface area contributed by atoms with Crippen molar-refractivity contribution in [2.24, 2.45) is 23.5 Å². The SMILES string of the molecule is CC[C@@H]1CC(C)CCC=C[C@@H]2C[C@@]2(C(=O)NS(=O)(=O)C2(C)CC2)NC(=O)[C@@H]2C[C@@H](OC(=O)N3Cc4cccc(F)c4C3)CN2C(=O)[C@H]1N. The molecule has 6 rings (SSSR count). The van der Waals surface area contributed by atoms with E-state index in [9.17, 15) is 32.0 Å². The van der Waals surface area contributed by atoms with Crippen molar-refractivity contribution in [1.29, 1.82) is 0 Å². The lowest BCUT2D eigenvalue weighted by molar-refractivity contribution is -0.141. The molecule has 3 fully saturated rings. The first-order valence-corrected chi connectivity index (χ1v) is 18.5. The summed E-state index contributed by atoms with van der Waals surface area (Å²) in [5.74, 6) is -2.66. The monoisotopic (exact) mass is 687 g/mol. The van der Waals surface area contributed by atoms with Crippen LogP contribution in [0, 0.1) is 23.6 Å². The van der Waals surface area contributed by atoms with Crippen LogP contribution in [0.5, 0.6) is 0 Å². The quantitative estimate of drug-likeness (QED) is 0.397. The van der Waals surface area contributed by atoms with Gasteiger partial charge in [0.25, 0.3) is 5.91 Å². The summed E-state index contributed by atoms with van der Waals surface area (Å²) < 4.78 is 47.4. The number of hydrogen-bond donors (Lipinski definition) is 3. The third-order valence-corrected chi connectivity index (χ3v) is 13.3. The molecule has 48 heavy (non-hydrogen) atoms. The van der Waals surface area contributed by atoms with Crippen molar-refractivity contribution >= 4 is 33.8 Å². The molecule has 3 heterocycles. The molecule has 7 atom stereocenters. The molecule has 5 aliphatic rings. The number of rotatable bonds is 5. The summed E-state index contributed by atoms with van der Waals surface area (Å²) in [5, 5.41) is 2.83. The maximum atomic E-state index is 14.3. The largest absolute Gasteiger partial charge is 0.444 e. The number of carbonyl (C=O) groups is 4. The number of nitrogens with one attached hydrogen (secondary N) is 2. The molecule has 4 N–H and O–H groups in total. The molecule has 262 valence electrons. The van der Waals surface area contributed by atoms with Gasteiger partial charge in [-0.05, 0) is 68.9 Å². The smallest absolute Gasteiger partial charge is 0.410 e. The van der Waals surface area contributed by atoms with Crippen molar-refractivity contribution in [3.8, 4) is 0 Å². The summed E-state index contributed by atoms with van der Waals surface area (Å²) in [4.78, 5) is 57.7. The minimum atomic E-state index is -3.97. The van der Waals surface area contributed by atoms with E-state index in [0.717, 1.165) is 12.8 Å². The molecule has 0 spiro atoms. The van der Waals surface area contributed by atoms with Crippen LogP contribution < -0.4 is 15.8 Å². The molecular weight excluding hydrogens is 641 g/mol. The molecule has 1 aromatic carbocycles. The maximum absolute atomic E-state index is 14.3. The van der Waals surface area contributed by atoms with Gasteiger partial charge < -0.3 is 20.7 Å². The van der Waals surface area contributed by atoms with Gasteiger partial charge in [0, 0.05) is 24.4 Å². The first-order chi connectivity index (χ1) is 22.7. The minimum Gasteiger partial charge on any atom is -0.444 e.